The normalized spacial score (nSPS) is 11.8. The number of rotatable bonds is 4. The highest BCUT2D eigenvalue weighted by molar-refractivity contribution is 6.26. The Labute approximate surface area is 303 Å². The number of benzene rings is 9. The van der Waals surface area contributed by atoms with E-state index in [4.69, 9.17) is 24.4 Å². The Bertz CT molecular complexity index is 3140. The summed E-state index contributed by atoms with van der Waals surface area (Å²) >= 11 is 0. The van der Waals surface area contributed by atoms with Gasteiger partial charge < -0.3 is 4.42 Å². The molecule has 0 bridgehead atoms. The fourth-order valence-corrected chi connectivity index (χ4v) is 7.61. The van der Waals surface area contributed by atoms with Crippen LogP contribution in [0, 0.1) is 0 Å². The number of nitrogens with zero attached hydrogens (tertiary/aromatic N) is 4. The van der Waals surface area contributed by atoms with E-state index >= 15 is 0 Å². The molecule has 0 atom stereocenters. The lowest BCUT2D eigenvalue weighted by Gasteiger charge is -2.12. The molecule has 0 N–H and O–H groups in total. The van der Waals surface area contributed by atoms with Gasteiger partial charge in [-0.3, -0.25) is 0 Å². The topological polar surface area (TPSA) is 64.7 Å². The van der Waals surface area contributed by atoms with Crippen molar-refractivity contribution in [2.45, 2.75) is 0 Å². The second-order valence-corrected chi connectivity index (χ2v) is 13.5. The molecular weight excluding hydrogens is 649 g/mol. The molecule has 0 amide bonds. The van der Waals surface area contributed by atoms with Gasteiger partial charge in [-0.2, -0.15) is 0 Å². The van der Waals surface area contributed by atoms with Crippen LogP contribution < -0.4 is 0 Å². The molecule has 246 valence electrons. The molecule has 11 rings (SSSR count). The van der Waals surface area contributed by atoms with Crippen molar-refractivity contribution in [2.75, 3.05) is 0 Å². The van der Waals surface area contributed by atoms with Crippen molar-refractivity contribution in [3.8, 4) is 45.6 Å². The van der Waals surface area contributed by atoms with E-state index in [2.05, 4.69) is 133 Å². The quantitative estimate of drug-likeness (QED) is 0.174. The summed E-state index contributed by atoms with van der Waals surface area (Å²) in [6.45, 7) is 0. The summed E-state index contributed by atoms with van der Waals surface area (Å²) in [4.78, 5) is 20.2. The monoisotopic (exact) mass is 676 g/mol. The molecule has 9 aromatic carbocycles. The van der Waals surface area contributed by atoms with Crippen molar-refractivity contribution < 1.29 is 4.42 Å². The van der Waals surface area contributed by atoms with Crippen molar-refractivity contribution in [3.63, 3.8) is 0 Å². The van der Waals surface area contributed by atoms with Crippen molar-refractivity contribution >= 4 is 65.0 Å². The first-order valence-corrected chi connectivity index (χ1v) is 17.7. The highest BCUT2D eigenvalue weighted by atomic mass is 16.3. The van der Waals surface area contributed by atoms with Crippen LogP contribution in [-0.4, -0.2) is 19.9 Å². The van der Waals surface area contributed by atoms with Gasteiger partial charge in [-0.15, -0.1) is 0 Å². The minimum Gasteiger partial charge on any atom is -0.435 e. The minimum atomic E-state index is 0.617. The van der Waals surface area contributed by atoms with Crippen LogP contribution in [-0.2, 0) is 0 Å². The Morgan fingerprint density at radius 2 is 0.792 bits per heavy atom. The third-order valence-electron chi connectivity index (χ3n) is 10.3. The summed E-state index contributed by atoms with van der Waals surface area (Å²) in [5.41, 5.74) is 5.39. The lowest BCUT2D eigenvalue weighted by Crippen LogP contribution is -2.00. The van der Waals surface area contributed by atoms with Gasteiger partial charge in [-0.05, 0) is 79.5 Å². The van der Waals surface area contributed by atoms with Crippen LogP contribution in [0.5, 0.6) is 0 Å². The third kappa shape index (κ3) is 4.94. The van der Waals surface area contributed by atoms with Crippen LogP contribution in [0.25, 0.3) is 111 Å². The Hall–Kier alpha value is -7.24. The molecule has 2 heterocycles. The molecule has 0 fully saturated rings. The average molecular weight is 677 g/mol. The summed E-state index contributed by atoms with van der Waals surface area (Å²) in [5.74, 6) is 2.51. The summed E-state index contributed by atoms with van der Waals surface area (Å²) in [6.07, 6.45) is 0. The molecule has 5 nitrogen and oxygen atoms in total. The summed E-state index contributed by atoms with van der Waals surface area (Å²) in [6, 6.07) is 58.9. The Morgan fingerprint density at radius 3 is 1.42 bits per heavy atom. The summed E-state index contributed by atoms with van der Waals surface area (Å²) in [7, 11) is 0. The number of fused-ring (bicyclic) bond motifs is 9. The van der Waals surface area contributed by atoms with Gasteiger partial charge in [0.05, 0.1) is 0 Å². The van der Waals surface area contributed by atoms with E-state index in [1.165, 1.54) is 10.8 Å². The molecule has 11 aromatic rings. The molecule has 2 aromatic heterocycles. The van der Waals surface area contributed by atoms with Gasteiger partial charge in [0, 0.05) is 33.0 Å². The number of hydrogen-bond donors (Lipinski definition) is 0. The Kier molecular flexibility index (Phi) is 6.48. The van der Waals surface area contributed by atoms with Gasteiger partial charge in [0.15, 0.2) is 23.1 Å². The largest absolute Gasteiger partial charge is 0.435 e. The average Bonchev–Trinajstić information content (AvgIpc) is 3.68. The zero-order valence-corrected chi connectivity index (χ0v) is 28.4. The molecule has 5 heteroatoms. The van der Waals surface area contributed by atoms with Crippen LogP contribution in [0.2, 0.25) is 0 Å². The lowest BCUT2D eigenvalue weighted by molar-refractivity contribution is 0.623. The predicted molar refractivity (Wildman–Crippen MR) is 217 cm³/mol. The first-order valence-electron chi connectivity index (χ1n) is 17.7. The smallest absolute Gasteiger partial charge is 0.227 e. The fraction of sp³-hybridized carbons (Fsp3) is 0. The van der Waals surface area contributed by atoms with Crippen molar-refractivity contribution in [3.05, 3.63) is 170 Å². The maximum absolute atomic E-state index is 6.54. The zero-order chi connectivity index (χ0) is 34.9. The number of aromatic nitrogens is 4. The first-order chi connectivity index (χ1) is 26.2. The van der Waals surface area contributed by atoms with E-state index in [1.807, 2.05) is 36.4 Å². The van der Waals surface area contributed by atoms with Gasteiger partial charge in [0.2, 0.25) is 5.89 Å². The number of oxazole rings is 1. The molecule has 0 aliphatic rings. The van der Waals surface area contributed by atoms with Gasteiger partial charge in [0.1, 0.15) is 5.52 Å². The SMILES string of the molecule is c1ccc(-c2nc3ccc4ccc5ccc6cc(-c7nc(-c8ccc9ccccc9c8)nc(-c8ccc9ccccc9c8)n7)ccc6c5c4c3o2)cc1. The maximum Gasteiger partial charge on any atom is 0.227 e. The molecule has 0 saturated heterocycles. The molecule has 0 aliphatic heterocycles. The molecular formula is C48H28N4O. The Balaban J connectivity index is 1.11. The van der Waals surface area contributed by atoms with Crippen LogP contribution in [0.15, 0.2) is 174 Å². The standard InChI is InChI=1S/C48H28N4O/c1-2-10-33(11-3-1)48-49-41-25-23-32-17-16-31-18-19-36-28-39(22-24-40(36)42(31)43(32)44(41)53-48)47-51-45(37-20-14-29-8-4-6-12-34(29)26-37)50-46(52-47)38-21-15-30-9-5-7-13-35(30)27-38/h1-28H. The lowest BCUT2D eigenvalue weighted by atomic mass is 9.95. The van der Waals surface area contributed by atoms with E-state index in [-0.39, 0.29) is 0 Å². The van der Waals surface area contributed by atoms with Crippen LogP contribution in [0.1, 0.15) is 0 Å². The van der Waals surface area contributed by atoms with Crippen molar-refractivity contribution in [2.24, 2.45) is 0 Å². The Morgan fingerprint density at radius 1 is 0.321 bits per heavy atom. The second kappa shape index (κ2) is 11.7. The highest BCUT2D eigenvalue weighted by Crippen LogP contribution is 2.39. The predicted octanol–water partition coefficient (Wildman–Crippen LogP) is 12.4. The van der Waals surface area contributed by atoms with Crippen LogP contribution >= 0.6 is 0 Å². The summed E-state index contributed by atoms with van der Waals surface area (Å²) < 4.78 is 6.54. The molecule has 53 heavy (non-hydrogen) atoms. The molecule has 0 saturated carbocycles. The van der Waals surface area contributed by atoms with Crippen LogP contribution in [0.3, 0.4) is 0 Å². The van der Waals surface area contributed by atoms with E-state index in [9.17, 15) is 0 Å². The van der Waals surface area contributed by atoms with Gasteiger partial charge >= 0.3 is 0 Å². The summed E-state index contributed by atoms with van der Waals surface area (Å²) in [5, 5.41) is 11.3. The van der Waals surface area contributed by atoms with Crippen molar-refractivity contribution in [1.82, 2.24) is 19.9 Å². The van der Waals surface area contributed by atoms with Gasteiger partial charge in [-0.25, -0.2) is 19.9 Å². The molecule has 0 radical (unpaired) electrons. The first kappa shape index (κ1) is 29.5. The molecule has 0 spiro atoms. The van der Waals surface area contributed by atoms with E-state index in [0.29, 0.717) is 23.4 Å². The second-order valence-electron chi connectivity index (χ2n) is 13.5. The maximum atomic E-state index is 6.54. The minimum absolute atomic E-state index is 0.617. The number of hydrogen-bond acceptors (Lipinski definition) is 5. The zero-order valence-electron chi connectivity index (χ0n) is 28.4. The van der Waals surface area contributed by atoms with Gasteiger partial charge in [-0.1, -0.05) is 133 Å². The highest BCUT2D eigenvalue weighted by Gasteiger charge is 2.17. The van der Waals surface area contributed by atoms with E-state index in [1.54, 1.807) is 0 Å². The van der Waals surface area contributed by atoms with E-state index < -0.39 is 0 Å². The van der Waals surface area contributed by atoms with Gasteiger partial charge in [0.25, 0.3) is 0 Å². The van der Waals surface area contributed by atoms with Crippen LogP contribution in [0.4, 0.5) is 0 Å². The van der Waals surface area contributed by atoms with E-state index in [0.717, 1.165) is 76.4 Å². The fourth-order valence-electron chi connectivity index (χ4n) is 7.61. The molecule has 0 unspecified atom stereocenters. The van der Waals surface area contributed by atoms with Crippen molar-refractivity contribution in [1.29, 1.82) is 0 Å². The molecule has 0 aliphatic carbocycles. The third-order valence-corrected chi connectivity index (χ3v) is 10.3.